The summed E-state index contributed by atoms with van der Waals surface area (Å²) in [6, 6.07) is 9.02. The lowest BCUT2D eigenvalue weighted by Gasteiger charge is -2.24. The normalized spacial score (nSPS) is 16.5. The molecule has 1 aromatic carbocycles. The predicted molar refractivity (Wildman–Crippen MR) is 107 cm³/mol. The van der Waals surface area contributed by atoms with Crippen molar-refractivity contribution in [3.63, 3.8) is 0 Å². The number of halogens is 4. The first kappa shape index (κ1) is 22.9. The molecule has 11 heteroatoms. The highest BCUT2D eigenvalue weighted by atomic mass is 35.5. The molecule has 1 saturated heterocycles. The Kier molecular flexibility index (Phi) is 7.04. The second-order valence-corrected chi connectivity index (χ2v) is 6.81. The summed E-state index contributed by atoms with van der Waals surface area (Å²) in [5.41, 5.74) is 0.852. The topological polar surface area (TPSA) is 81.9 Å². The van der Waals surface area contributed by atoms with Gasteiger partial charge in [-0.3, -0.25) is 9.78 Å². The Morgan fingerprint density at radius 1 is 1.19 bits per heavy atom. The van der Waals surface area contributed by atoms with Crippen LogP contribution in [0.3, 0.4) is 0 Å². The van der Waals surface area contributed by atoms with Crippen LogP contribution in [0, 0.1) is 0 Å². The van der Waals surface area contributed by atoms with E-state index >= 15 is 0 Å². The molecule has 0 bridgehead atoms. The minimum absolute atomic E-state index is 0. The van der Waals surface area contributed by atoms with Crippen LogP contribution in [0.4, 0.5) is 13.2 Å². The van der Waals surface area contributed by atoms with Crippen molar-refractivity contribution in [2.45, 2.75) is 18.7 Å². The molecule has 0 unspecified atom stereocenters. The number of carbonyl (C=O) groups excluding carboxylic acids is 1. The molecule has 3 heterocycles. The average molecular weight is 454 g/mol. The number of benzene rings is 1. The molecule has 0 amide bonds. The second-order valence-electron chi connectivity index (χ2n) is 6.81. The van der Waals surface area contributed by atoms with Crippen LogP contribution in [-0.4, -0.2) is 45.2 Å². The number of morpholine rings is 1. The smallest absolute Gasteiger partial charge is 0.371 e. The van der Waals surface area contributed by atoms with Crippen LogP contribution in [0.5, 0.6) is 0 Å². The number of carbonyl (C=O) groups is 1. The molecule has 2 aromatic heterocycles. The van der Waals surface area contributed by atoms with E-state index in [2.05, 4.69) is 20.4 Å². The van der Waals surface area contributed by atoms with E-state index in [1.165, 1.54) is 12.3 Å². The summed E-state index contributed by atoms with van der Waals surface area (Å²) >= 11 is 0. The van der Waals surface area contributed by atoms with Gasteiger partial charge in [-0.2, -0.15) is 18.3 Å². The molecule has 1 N–H and O–H groups in total. The molecule has 164 valence electrons. The third-order valence-electron chi connectivity index (χ3n) is 4.67. The zero-order valence-electron chi connectivity index (χ0n) is 16.2. The van der Waals surface area contributed by atoms with Gasteiger partial charge in [0.25, 0.3) is 0 Å². The number of rotatable bonds is 5. The van der Waals surface area contributed by atoms with E-state index in [1.54, 1.807) is 0 Å². The highest BCUT2D eigenvalue weighted by Crippen LogP contribution is 2.27. The van der Waals surface area contributed by atoms with E-state index in [0.29, 0.717) is 12.8 Å². The lowest BCUT2D eigenvalue weighted by molar-refractivity contribution is -0.141. The summed E-state index contributed by atoms with van der Waals surface area (Å²) in [5.74, 6) is -0.369. The zero-order chi connectivity index (χ0) is 21.1. The maximum absolute atomic E-state index is 12.8. The maximum atomic E-state index is 12.8. The van der Waals surface area contributed by atoms with E-state index in [0.717, 1.165) is 35.1 Å². The Hall–Kier alpha value is -2.82. The number of alkyl halides is 3. The van der Waals surface area contributed by atoms with Crippen LogP contribution >= 0.6 is 12.4 Å². The monoisotopic (exact) mass is 453 g/mol. The van der Waals surface area contributed by atoms with Crippen LogP contribution in [0.25, 0.3) is 5.82 Å². The quantitative estimate of drug-likeness (QED) is 0.597. The number of ketones is 1. The third-order valence-corrected chi connectivity index (χ3v) is 4.67. The van der Waals surface area contributed by atoms with Crippen molar-refractivity contribution in [1.29, 1.82) is 0 Å². The van der Waals surface area contributed by atoms with E-state index in [9.17, 15) is 18.0 Å². The fraction of sp³-hybridized carbons (Fsp3) is 0.300. The summed E-state index contributed by atoms with van der Waals surface area (Å²) in [6.07, 6.45) is -1.33. The van der Waals surface area contributed by atoms with Crippen LogP contribution in [-0.2, 0) is 17.3 Å². The van der Waals surface area contributed by atoms with Gasteiger partial charge in [-0.25, -0.2) is 9.67 Å². The Morgan fingerprint density at radius 2 is 1.97 bits per heavy atom. The number of aromatic nitrogens is 4. The number of Topliss-reactive ketones (excluding diaryl/α,β-unsaturated/α-hetero) is 1. The van der Waals surface area contributed by atoms with E-state index < -0.39 is 11.9 Å². The molecule has 1 aliphatic heterocycles. The second kappa shape index (κ2) is 9.54. The van der Waals surface area contributed by atoms with E-state index in [1.807, 2.05) is 24.3 Å². The molecular formula is C20H19ClF3N5O2. The van der Waals surface area contributed by atoms with Gasteiger partial charge in [0, 0.05) is 25.7 Å². The van der Waals surface area contributed by atoms with E-state index in [4.69, 9.17) is 4.74 Å². The molecule has 7 nitrogen and oxygen atoms in total. The van der Waals surface area contributed by atoms with Crippen LogP contribution < -0.4 is 5.32 Å². The van der Waals surface area contributed by atoms with Crippen LogP contribution in [0.2, 0.25) is 0 Å². The summed E-state index contributed by atoms with van der Waals surface area (Å²) < 4.78 is 45.2. The zero-order valence-corrected chi connectivity index (χ0v) is 17.0. The van der Waals surface area contributed by atoms with Gasteiger partial charge >= 0.3 is 6.18 Å². The lowest BCUT2D eigenvalue weighted by Crippen LogP contribution is -2.33. The molecular weight excluding hydrogens is 435 g/mol. The number of nitrogens with zero attached hydrogens (tertiary/aromatic N) is 4. The Bertz CT molecular complexity index is 1030. The van der Waals surface area contributed by atoms with E-state index in [-0.39, 0.29) is 42.2 Å². The average Bonchev–Trinajstić information content (AvgIpc) is 3.25. The summed E-state index contributed by atoms with van der Waals surface area (Å²) in [6.45, 7) is 2.24. The van der Waals surface area contributed by atoms with Crippen molar-refractivity contribution in [2.24, 2.45) is 0 Å². The molecule has 1 atom stereocenters. The number of hydrogen-bond donors (Lipinski definition) is 1. The first-order chi connectivity index (χ1) is 14.4. The van der Waals surface area contributed by atoms with Gasteiger partial charge in [0.2, 0.25) is 0 Å². The van der Waals surface area contributed by atoms with Crippen molar-refractivity contribution in [1.82, 2.24) is 25.1 Å². The first-order valence-electron chi connectivity index (χ1n) is 9.30. The molecule has 3 aromatic rings. The summed E-state index contributed by atoms with van der Waals surface area (Å²) in [4.78, 5) is 19.6. The molecule has 1 aliphatic rings. The molecule has 0 radical (unpaired) electrons. The highest BCUT2D eigenvalue weighted by Gasteiger charge is 2.33. The number of nitrogens with one attached hydrogen (secondary N) is 1. The van der Waals surface area contributed by atoms with Crippen molar-refractivity contribution in [3.8, 4) is 5.82 Å². The SMILES string of the molecule is Cl.O=C(Cc1ccc([C@H]2CNCCO2)cc1)c1ccn(-c2cncc(C(F)(F)F)n2)n1. The molecule has 0 aliphatic carbocycles. The molecule has 0 spiro atoms. The van der Waals surface area contributed by atoms with Crippen molar-refractivity contribution in [2.75, 3.05) is 19.7 Å². The molecule has 1 fully saturated rings. The van der Waals surface area contributed by atoms with Gasteiger partial charge in [0.1, 0.15) is 5.69 Å². The summed E-state index contributed by atoms with van der Waals surface area (Å²) in [5, 5.41) is 7.33. The van der Waals surface area contributed by atoms with Gasteiger partial charge < -0.3 is 10.1 Å². The van der Waals surface area contributed by atoms with Gasteiger partial charge in [-0.1, -0.05) is 24.3 Å². The van der Waals surface area contributed by atoms with Gasteiger partial charge in [-0.05, 0) is 17.2 Å². The minimum Gasteiger partial charge on any atom is -0.371 e. The van der Waals surface area contributed by atoms with Gasteiger partial charge in [-0.15, -0.1) is 12.4 Å². The fourth-order valence-corrected chi connectivity index (χ4v) is 3.11. The van der Waals surface area contributed by atoms with Gasteiger partial charge in [0.15, 0.2) is 17.3 Å². The molecule has 31 heavy (non-hydrogen) atoms. The Morgan fingerprint density at radius 3 is 2.65 bits per heavy atom. The van der Waals surface area contributed by atoms with Crippen molar-refractivity contribution < 1.29 is 22.7 Å². The van der Waals surface area contributed by atoms with Crippen molar-refractivity contribution in [3.05, 3.63) is 71.4 Å². The molecule has 0 saturated carbocycles. The fourth-order valence-electron chi connectivity index (χ4n) is 3.11. The molecule has 4 rings (SSSR count). The Labute approximate surface area is 182 Å². The summed E-state index contributed by atoms with van der Waals surface area (Å²) in [7, 11) is 0. The predicted octanol–water partition coefficient (Wildman–Crippen LogP) is 3.19. The Balaban J connectivity index is 0.00000272. The van der Waals surface area contributed by atoms with Crippen LogP contribution in [0.15, 0.2) is 48.9 Å². The third kappa shape index (κ3) is 5.46. The highest BCUT2D eigenvalue weighted by molar-refractivity contribution is 5.95. The standard InChI is InChI=1S/C20H18F3N5O2.ClH/c21-20(22,23)18-11-25-12-19(26-18)28-7-5-15(27-28)16(29)9-13-1-3-14(4-2-13)17-10-24-6-8-30-17;/h1-5,7,11-12,17,24H,6,8-10H2;1H/t17-;/m1./s1. The maximum Gasteiger partial charge on any atom is 0.434 e. The van der Waals surface area contributed by atoms with Crippen molar-refractivity contribution >= 4 is 18.2 Å². The lowest BCUT2D eigenvalue weighted by atomic mass is 10.0. The largest absolute Gasteiger partial charge is 0.434 e. The first-order valence-corrected chi connectivity index (χ1v) is 9.30. The number of ether oxygens (including phenoxy) is 1. The number of hydrogen-bond acceptors (Lipinski definition) is 6. The van der Waals surface area contributed by atoms with Crippen LogP contribution in [0.1, 0.15) is 33.4 Å². The minimum atomic E-state index is -4.61. The van der Waals surface area contributed by atoms with Gasteiger partial charge in [0.05, 0.1) is 25.1 Å².